The molecule has 0 heterocycles. The molecule has 10 aromatic rings. The Hall–Kier alpha value is -8.00. The van der Waals surface area contributed by atoms with E-state index < -0.39 is 5.41 Å². The zero-order valence-electron chi connectivity index (χ0n) is 38.8. The zero-order valence-corrected chi connectivity index (χ0v) is 38.8. The fraction of sp³-hybridized carbons (Fsp3) is 0.104. The Labute approximate surface area is 399 Å². The van der Waals surface area contributed by atoms with Crippen LogP contribution >= 0.6 is 0 Å². The molecule has 10 aromatic carbocycles. The first-order chi connectivity index (χ1) is 33.2. The van der Waals surface area contributed by atoms with Crippen LogP contribution in [0, 0.1) is 0 Å². The molecule has 0 bridgehead atoms. The van der Waals surface area contributed by atoms with Gasteiger partial charge in [-0.25, -0.2) is 0 Å². The predicted molar refractivity (Wildman–Crippen MR) is 283 cm³/mol. The lowest BCUT2D eigenvalue weighted by Crippen LogP contribution is -2.25. The summed E-state index contributed by atoms with van der Waals surface area (Å²) in [6.07, 6.45) is 0. The quantitative estimate of drug-likeness (QED) is 0.167. The van der Waals surface area contributed by atoms with Gasteiger partial charge in [0.05, 0.1) is 5.41 Å². The maximum atomic E-state index is 2.53. The van der Waals surface area contributed by atoms with Gasteiger partial charge in [0.1, 0.15) is 0 Å². The van der Waals surface area contributed by atoms with E-state index in [1.165, 1.54) is 111 Å². The predicted octanol–water partition coefficient (Wildman–Crippen LogP) is 17.4. The van der Waals surface area contributed by atoms with E-state index in [1.807, 2.05) is 0 Å². The molecule has 0 saturated heterocycles. The molecule has 322 valence electrons. The number of benzene rings is 10. The van der Waals surface area contributed by atoms with Crippen LogP contribution < -0.4 is 4.90 Å². The van der Waals surface area contributed by atoms with E-state index in [4.69, 9.17) is 0 Å². The summed E-state index contributed by atoms with van der Waals surface area (Å²) in [6, 6.07) is 84.8. The summed E-state index contributed by atoms with van der Waals surface area (Å²) in [5.74, 6) is 0. The Morgan fingerprint density at radius 3 is 1.13 bits per heavy atom. The van der Waals surface area contributed by atoms with Gasteiger partial charge in [0.25, 0.3) is 0 Å². The number of nitrogens with zero attached hydrogens (tertiary/aromatic N) is 1. The normalized spacial score (nSPS) is 15.1. The molecule has 0 saturated carbocycles. The van der Waals surface area contributed by atoms with E-state index in [9.17, 15) is 0 Å². The molecule has 0 amide bonds. The zero-order chi connectivity index (χ0) is 45.5. The first-order valence-electron chi connectivity index (χ1n) is 24.2. The second kappa shape index (κ2) is 14.0. The second-order valence-electron chi connectivity index (χ2n) is 20.4. The third-order valence-electron chi connectivity index (χ3n) is 16.3. The number of hydrogen-bond donors (Lipinski definition) is 0. The lowest BCUT2D eigenvalue weighted by molar-refractivity contribution is 0.660. The lowest BCUT2D eigenvalue weighted by Gasteiger charge is -2.32. The number of hydrogen-bond acceptors (Lipinski definition) is 1. The Bertz CT molecular complexity index is 3690. The highest BCUT2D eigenvalue weighted by molar-refractivity contribution is 5.97. The largest absolute Gasteiger partial charge is 0.310 e. The van der Waals surface area contributed by atoms with Crippen LogP contribution in [0.5, 0.6) is 0 Å². The van der Waals surface area contributed by atoms with Crippen LogP contribution in [-0.2, 0) is 16.2 Å². The molecule has 4 aliphatic rings. The van der Waals surface area contributed by atoms with Crippen molar-refractivity contribution in [2.75, 3.05) is 4.90 Å². The van der Waals surface area contributed by atoms with Gasteiger partial charge in [-0.1, -0.05) is 210 Å². The number of anilines is 3. The lowest BCUT2D eigenvalue weighted by atomic mass is 9.70. The van der Waals surface area contributed by atoms with Gasteiger partial charge in [-0.3, -0.25) is 0 Å². The van der Waals surface area contributed by atoms with Crippen molar-refractivity contribution in [1.82, 2.24) is 0 Å². The van der Waals surface area contributed by atoms with E-state index >= 15 is 0 Å². The van der Waals surface area contributed by atoms with Gasteiger partial charge in [0.15, 0.2) is 0 Å². The van der Waals surface area contributed by atoms with Crippen molar-refractivity contribution in [3.05, 3.63) is 269 Å². The molecule has 14 rings (SSSR count). The Balaban J connectivity index is 0.929. The molecule has 68 heavy (non-hydrogen) atoms. The molecule has 0 radical (unpaired) electrons. The van der Waals surface area contributed by atoms with Crippen molar-refractivity contribution < 1.29 is 0 Å². The third-order valence-corrected chi connectivity index (χ3v) is 16.3. The highest BCUT2D eigenvalue weighted by Gasteiger charge is 2.51. The van der Waals surface area contributed by atoms with Crippen LogP contribution in [-0.4, -0.2) is 0 Å². The van der Waals surface area contributed by atoms with Gasteiger partial charge in [-0.2, -0.15) is 0 Å². The summed E-state index contributed by atoms with van der Waals surface area (Å²) in [5, 5.41) is 0. The molecular weight excluding hydrogens is 819 g/mol. The van der Waals surface area contributed by atoms with Crippen molar-refractivity contribution in [3.63, 3.8) is 0 Å². The maximum Gasteiger partial charge on any atom is 0.0725 e. The smallest absolute Gasteiger partial charge is 0.0725 e. The fourth-order valence-electron chi connectivity index (χ4n) is 13.0. The Kier molecular flexibility index (Phi) is 8.08. The van der Waals surface area contributed by atoms with Gasteiger partial charge < -0.3 is 4.90 Å². The summed E-state index contributed by atoms with van der Waals surface area (Å²) in [4.78, 5) is 2.53. The van der Waals surface area contributed by atoms with Crippen molar-refractivity contribution in [2.45, 2.75) is 43.9 Å². The molecule has 4 aliphatic carbocycles. The fourth-order valence-corrected chi connectivity index (χ4v) is 13.0. The average molecular weight is 868 g/mol. The minimum atomic E-state index is -0.391. The van der Waals surface area contributed by atoms with Gasteiger partial charge in [0.2, 0.25) is 0 Å². The molecule has 0 unspecified atom stereocenters. The van der Waals surface area contributed by atoms with Crippen LogP contribution in [0.4, 0.5) is 17.1 Å². The minimum absolute atomic E-state index is 0.138. The first-order valence-corrected chi connectivity index (χ1v) is 24.2. The maximum absolute atomic E-state index is 2.53. The molecule has 1 heteroatoms. The molecule has 1 nitrogen and oxygen atoms in total. The molecule has 0 aromatic heterocycles. The van der Waals surface area contributed by atoms with Crippen LogP contribution in [0.15, 0.2) is 224 Å². The SMILES string of the molecule is CC1(C)c2ccccc2-c2ccc(N(c3ccc4c(c3)-c3ccccc3C43c4ccccc4-c4ccccc43)c3ccc4c(c3)C(C)(C)c3cc(-c5ccc(-c6ccccc6)cc5)ccc3-4)cc21. The molecule has 0 atom stereocenters. The topological polar surface area (TPSA) is 3.24 Å². The highest BCUT2D eigenvalue weighted by atomic mass is 15.1. The Morgan fingerprint density at radius 1 is 0.235 bits per heavy atom. The van der Waals surface area contributed by atoms with Crippen molar-refractivity contribution in [1.29, 1.82) is 0 Å². The van der Waals surface area contributed by atoms with Crippen LogP contribution in [0.1, 0.15) is 72.2 Å². The minimum Gasteiger partial charge on any atom is -0.310 e. The average Bonchev–Trinajstić information content (AvgIpc) is 4.01. The van der Waals surface area contributed by atoms with E-state index in [0.29, 0.717) is 0 Å². The molecule has 0 aliphatic heterocycles. The Morgan fingerprint density at radius 2 is 0.574 bits per heavy atom. The third kappa shape index (κ3) is 5.22. The van der Waals surface area contributed by atoms with Crippen LogP contribution in [0.2, 0.25) is 0 Å². The number of fused-ring (bicyclic) bond motifs is 16. The van der Waals surface area contributed by atoms with Gasteiger partial charge in [-0.15, -0.1) is 0 Å². The molecular formula is C67H49N. The van der Waals surface area contributed by atoms with E-state index in [1.54, 1.807) is 0 Å². The van der Waals surface area contributed by atoms with Crippen molar-refractivity contribution in [2.24, 2.45) is 0 Å². The van der Waals surface area contributed by atoms with Crippen LogP contribution in [0.25, 0.3) is 66.8 Å². The van der Waals surface area contributed by atoms with E-state index in [2.05, 4.69) is 257 Å². The summed E-state index contributed by atoms with van der Waals surface area (Å²) in [5.41, 5.74) is 29.1. The summed E-state index contributed by atoms with van der Waals surface area (Å²) in [6.45, 7) is 9.59. The van der Waals surface area contributed by atoms with E-state index in [0.717, 1.165) is 17.1 Å². The monoisotopic (exact) mass is 867 g/mol. The van der Waals surface area contributed by atoms with Gasteiger partial charge in [-0.05, 0) is 154 Å². The number of rotatable bonds is 5. The molecule has 1 spiro atoms. The summed E-state index contributed by atoms with van der Waals surface area (Å²) in [7, 11) is 0. The van der Waals surface area contributed by atoms with Gasteiger partial charge in [0, 0.05) is 27.9 Å². The highest BCUT2D eigenvalue weighted by Crippen LogP contribution is 2.63. The van der Waals surface area contributed by atoms with E-state index in [-0.39, 0.29) is 10.8 Å². The second-order valence-corrected chi connectivity index (χ2v) is 20.4. The van der Waals surface area contributed by atoms with Crippen molar-refractivity contribution >= 4 is 17.1 Å². The van der Waals surface area contributed by atoms with Crippen molar-refractivity contribution in [3.8, 4) is 66.8 Å². The summed E-state index contributed by atoms with van der Waals surface area (Å²) < 4.78 is 0. The first kappa shape index (κ1) is 39.2. The van der Waals surface area contributed by atoms with Crippen LogP contribution in [0.3, 0.4) is 0 Å². The summed E-state index contributed by atoms with van der Waals surface area (Å²) >= 11 is 0. The molecule has 0 fully saturated rings. The molecule has 0 N–H and O–H groups in total. The standard InChI is InChI=1S/C67H49N/c1-65(2)57-22-12-8-18-49(57)54-35-31-47(40-63(54)65)68(46-33-37-61-56(39-46)52-21-11-15-25-60(52)67(61)58-23-13-9-19-50(58)51-20-10-14-24-59(51)67)48-32-36-55-53-34-30-45(38-62(53)66(3,4)64(55)41-48)44-28-26-43(27-29-44)42-16-6-5-7-17-42/h5-41H,1-4H3. The van der Waals surface area contributed by atoms with Gasteiger partial charge >= 0.3 is 0 Å².